The average molecular weight is 336 g/mol. The Balaban J connectivity index is 1.66. The van der Waals surface area contributed by atoms with Crippen molar-refractivity contribution >= 4 is 17.0 Å². The van der Waals surface area contributed by atoms with Gasteiger partial charge in [-0.25, -0.2) is 18.0 Å². The van der Waals surface area contributed by atoms with E-state index >= 15 is 0 Å². The van der Waals surface area contributed by atoms with Gasteiger partial charge in [-0.3, -0.25) is 9.78 Å². The van der Waals surface area contributed by atoms with E-state index in [0.29, 0.717) is 23.6 Å². The normalized spacial score (nSPS) is 11.0. The molecule has 3 aromatic rings. The number of rotatable bonds is 4. The largest absolute Gasteiger partial charge is 0.417 e. The monoisotopic (exact) mass is 336 g/mol. The maximum absolute atomic E-state index is 13.5. The average Bonchev–Trinajstić information content (AvgIpc) is 2.92. The predicted octanol–water partition coefficient (Wildman–Crippen LogP) is 2.51. The number of benzene rings is 2. The number of carbonyl (C=O) groups excluding carboxylic acids is 1. The van der Waals surface area contributed by atoms with Gasteiger partial charge in [-0.1, -0.05) is 6.07 Å². The first kappa shape index (κ1) is 15.9. The summed E-state index contributed by atoms with van der Waals surface area (Å²) in [6, 6.07) is 6.60. The molecule has 3 rings (SSSR count). The zero-order chi connectivity index (χ0) is 17.3. The van der Waals surface area contributed by atoms with Crippen molar-refractivity contribution < 1.29 is 22.4 Å². The molecule has 24 heavy (non-hydrogen) atoms. The van der Waals surface area contributed by atoms with Gasteiger partial charge >= 0.3 is 5.76 Å². The molecule has 2 N–H and O–H groups in total. The Morgan fingerprint density at radius 2 is 1.92 bits per heavy atom. The molecule has 124 valence electrons. The molecule has 0 fully saturated rings. The number of nitrogens with one attached hydrogen (secondary N) is 2. The first-order valence-corrected chi connectivity index (χ1v) is 6.99. The SMILES string of the molecule is O=C(NCCc1ccc2[nH]c(=O)oc2c1)c1ccc(F)c(F)c1F. The van der Waals surface area contributed by atoms with Crippen LogP contribution >= 0.6 is 0 Å². The van der Waals surface area contributed by atoms with Crippen molar-refractivity contribution in [1.29, 1.82) is 0 Å². The molecule has 8 heteroatoms. The van der Waals surface area contributed by atoms with Crippen LogP contribution in [0.5, 0.6) is 0 Å². The van der Waals surface area contributed by atoms with Crippen molar-refractivity contribution in [1.82, 2.24) is 10.3 Å². The molecule has 0 aliphatic carbocycles. The summed E-state index contributed by atoms with van der Waals surface area (Å²) >= 11 is 0. The number of fused-ring (bicyclic) bond motifs is 1. The Bertz CT molecular complexity index is 978. The highest BCUT2D eigenvalue weighted by Gasteiger charge is 2.18. The predicted molar refractivity (Wildman–Crippen MR) is 79.2 cm³/mol. The number of amides is 1. The third-order valence-electron chi connectivity index (χ3n) is 3.46. The minimum atomic E-state index is -1.68. The number of carbonyl (C=O) groups is 1. The highest BCUT2D eigenvalue weighted by Crippen LogP contribution is 2.15. The molecular weight excluding hydrogens is 325 g/mol. The number of H-pyrrole nitrogens is 1. The smallest absolute Gasteiger partial charge is 0.408 e. The van der Waals surface area contributed by atoms with Crippen LogP contribution in [0.25, 0.3) is 11.1 Å². The number of aromatic nitrogens is 1. The third kappa shape index (κ3) is 3.03. The van der Waals surface area contributed by atoms with Crippen LogP contribution < -0.4 is 11.1 Å². The summed E-state index contributed by atoms with van der Waals surface area (Å²) in [4.78, 5) is 25.4. The Kier molecular flexibility index (Phi) is 4.11. The van der Waals surface area contributed by atoms with Crippen molar-refractivity contribution in [2.24, 2.45) is 0 Å². The van der Waals surface area contributed by atoms with Crippen LogP contribution in [0.1, 0.15) is 15.9 Å². The lowest BCUT2D eigenvalue weighted by Crippen LogP contribution is -2.27. The van der Waals surface area contributed by atoms with E-state index in [-0.39, 0.29) is 6.54 Å². The summed E-state index contributed by atoms with van der Waals surface area (Å²) in [7, 11) is 0. The molecular formula is C16H11F3N2O3. The van der Waals surface area contributed by atoms with Gasteiger partial charge in [-0.15, -0.1) is 0 Å². The summed E-state index contributed by atoms with van der Waals surface area (Å²) in [5.41, 5.74) is 1.14. The standard InChI is InChI=1S/C16H11F3N2O3/c17-10-3-2-9(13(18)14(10)19)15(22)20-6-5-8-1-4-11-12(7-8)24-16(23)21-11/h1-4,7H,5-6H2,(H,20,22)(H,21,23). The molecule has 1 heterocycles. The Hall–Kier alpha value is -3.03. The number of oxazole rings is 1. The maximum atomic E-state index is 13.5. The van der Waals surface area contributed by atoms with Gasteiger partial charge in [-0.05, 0) is 36.2 Å². The second kappa shape index (κ2) is 6.23. The van der Waals surface area contributed by atoms with Crippen LogP contribution in [0.15, 0.2) is 39.5 Å². The fourth-order valence-corrected chi connectivity index (χ4v) is 2.26. The van der Waals surface area contributed by atoms with E-state index in [2.05, 4.69) is 10.3 Å². The summed E-state index contributed by atoms with van der Waals surface area (Å²) < 4.78 is 44.4. The number of hydrogen-bond donors (Lipinski definition) is 2. The molecule has 5 nitrogen and oxygen atoms in total. The van der Waals surface area contributed by atoms with E-state index in [9.17, 15) is 22.8 Å². The molecule has 1 aromatic heterocycles. The first-order valence-electron chi connectivity index (χ1n) is 6.99. The van der Waals surface area contributed by atoms with Gasteiger partial charge in [0, 0.05) is 6.54 Å². The van der Waals surface area contributed by atoms with Gasteiger partial charge in [0.1, 0.15) is 0 Å². The van der Waals surface area contributed by atoms with Gasteiger partial charge < -0.3 is 9.73 Å². The van der Waals surface area contributed by atoms with Gasteiger partial charge in [0.15, 0.2) is 23.0 Å². The molecule has 0 bridgehead atoms. The molecule has 0 unspecified atom stereocenters. The molecule has 0 spiro atoms. The summed E-state index contributed by atoms with van der Waals surface area (Å²) in [5.74, 6) is -5.98. The zero-order valence-corrected chi connectivity index (χ0v) is 12.2. The minimum absolute atomic E-state index is 0.136. The van der Waals surface area contributed by atoms with Crippen molar-refractivity contribution in [2.45, 2.75) is 6.42 Å². The lowest BCUT2D eigenvalue weighted by molar-refractivity contribution is 0.0949. The molecule has 0 aliphatic rings. The van der Waals surface area contributed by atoms with E-state index in [1.165, 1.54) is 0 Å². The van der Waals surface area contributed by atoms with Crippen LogP contribution in [0.4, 0.5) is 13.2 Å². The quantitative estimate of drug-likeness (QED) is 0.719. The minimum Gasteiger partial charge on any atom is -0.408 e. The van der Waals surface area contributed by atoms with Gasteiger partial charge in [0.05, 0.1) is 11.1 Å². The van der Waals surface area contributed by atoms with E-state index < -0.39 is 34.7 Å². The lowest BCUT2D eigenvalue weighted by Gasteiger charge is -2.07. The Labute approximate surface area is 133 Å². The molecule has 0 radical (unpaired) electrons. The number of aromatic amines is 1. The van der Waals surface area contributed by atoms with E-state index in [0.717, 1.165) is 11.6 Å². The third-order valence-corrected chi connectivity index (χ3v) is 3.46. The van der Waals surface area contributed by atoms with Crippen LogP contribution in [0.3, 0.4) is 0 Å². The number of halogens is 3. The fraction of sp³-hybridized carbons (Fsp3) is 0.125. The molecule has 0 atom stereocenters. The highest BCUT2D eigenvalue weighted by atomic mass is 19.2. The van der Waals surface area contributed by atoms with Crippen molar-refractivity contribution in [3.05, 3.63) is 69.5 Å². The van der Waals surface area contributed by atoms with Gasteiger partial charge in [-0.2, -0.15) is 0 Å². The van der Waals surface area contributed by atoms with Gasteiger partial charge in [0.2, 0.25) is 0 Å². The molecule has 0 saturated carbocycles. The molecule has 2 aromatic carbocycles. The Morgan fingerprint density at radius 1 is 1.12 bits per heavy atom. The second-order valence-electron chi connectivity index (χ2n) is 5.07. The van der Waals surface area contributed by atoms with Gasteiger partial charge in [0.25, 0.3) is 5.91 Å². The van der Waals surface area contributed by atoms with Crippen molar-refractivity contribution in [3.63, 3.8) is 0 Å². The van der Waals surface area contributed by atoms with Crippen LogP contribution in [-0.4, -0.2) is 17.4 Å². The highest BCUT2D eigenvalue weighted by molar-refractivity contribution is 5.94. The van der Waals surface area contributed by atoms with Crippen LogP contribution in [0.2, 0.25) is 0 Å². The fourth-order valence-electron chi connectivity index (χ4n) is 2.26. The summed E-state index contributed by atoms with van der Waals surface area (Å²) in [6.07, 6.45) is 0.377. The maximum Gasteiger partial charge on any atom is 0.417 e. The van der Waals surface area contributed by atoms with E-state index in [4.69, 9.17) is 4.42 Å². The topological polar surface area (TPSA) is 75.1 Å². The lowest BCUT2D eigenvalue weighted by atomic mass is 10.1. The van der Waals surface area contributed by atoms with Crippen LogP contribution in [-0.2, 0) is 6.42 Å². The van der Waals surface area contributed by atoms with E-state index in [1.807, 2.05) is 0 Å². The van der Waals surface area contributed by atoms with E-state index in [1.54, 1.807) is 18.2 Å². The first-order chi connectivity index (χ1) is 11.5. The van der Waals surface area contributed by atoms with Crippen molar-refractivity contribution in [3.8, 4) is 0 Å². The second-order valence-corrected chi connectivity index (χ2v) is 5.07. The summed E-state index contributed by atoms with van der Waals surface area (Å²) in [5, 5.41) is 2.42. The molecule has 1 amide bonds. The Morgan fingerprint density at radius 3 is 2.71 bits per heavy atom. The number of hydrogen-bond acceptors (Lipinski definition) is 3. The van der Waals surface area contributed by atoms with Crippen molar-refractivity contribution in [2.75, 3.05) is 6.54 Å². The molecule has 0 saturated heterocycles. The van der Waals surface area contributed by atoms with Crippen LogP contribution in [0, 0.1) is 17.5 Å². The zero-order valence-electron chi connectivity index (χ0n) is 12.2. The summed E-state index contributed by atoms with van der Waals surface area (Å²) in [6.45, 7) is 0.136. The molecule has 0 aliphatic heterocycles.